The molecule has 0 aromatic heterocycles. The van der Waals surface area contributed by atoms with Crippen molar-refractivity contribution in [2.24, 2.45) is 5.10 Å². The van der Waals surface area contributed by atoms with Crippen LogP contribution in [0.4, 0.5) is 0 Å². The second-order valence-corrected chi connectivity index (χ2v) is 3.33. The summed E-state index contributed by atoms with van der Waals surface area (Å²) in [5, 5.41) is 6.52. The Kier molecular flexibility index (Phi) is 3.38. The maximum Gasteiger partial charge on any atom is 0.118 e. The molecule has 1 rings (SSSR count). The lowest BCUT2D eigenvalue weighted by atomic mass is 10.2. The van der Waals surface area contributed by atoms with Crippen LogP contribution in [-0.4, -0.2) is 36.0 Å². The largest absolute Gasteiger partial charge is 0.343 e. The van der Waals surface area contributed by atoms with Crippen LogP contribution in [0.3, 0.4) is 0 Å². The summed E-state index contributed by atoms with van der Waals surface area (Å²) in [6, 6.07) is 0. The molecule has 1 aliphatic heterocycles. The van der Waals surface area contributed by atoms with E-state index in [4.69, 9.17) is 0 Å². The van der Waals surface area contributed by atoms with Crippen molar-refractivity contribution >= 4 is 6.34 Å². The maximum absolute atomic E-state index is 4.34. The predicted octanol–water partition coefficient (Wildman–Crippen LogP) is 1.71. The molecule has 1 unspecified atom stereocenters. The minimum atomic E-state index is 0.509. The number of hydrogen-bond donors (Lipinski definition) is 0. The minimum absolute atomic E-state index is 0.509. The lowest BCUT2D eigenvalue weighted by Gasteiger charge is -2.27. The van der Waals surface area contributed by atoms with Crippen molar-refractivity contribution in [3.63, 3.8) is 0 Å². The number of rotatable bonds is 4. The number of nitrogens with zero attached hydrogens (tertiary/aromatic N) is 3. The third kappa shape index (κ3) is 1.90. The first kappa shape index (κ1) is 9.36. The fourth-order valence-corrected chi connectivity index (χ4v) is 1.56. The molecule has 0 saturated heterocycles. The summed E-state index contributed by atoms with van der Waals surface area (Å²) in [6.45, 7) is 5.48. The molecule has 3 nitrogen and oxygen atoms in total. The summed E-state index contributed by atoms with van der Waals surface area (Å²) < 4.78 is 0. The topological polar surface area (TPSA) is 18.8 Å². The zero-order valence-corrected chi connectivity index (χ0v) is 8.32. The van der Waals surface area contributed by atoms with Crippen molar-refractivity contribution < 1.29 is 0 Å². The Labute approximate surface area is 75.0 Å². The minimum Gasteiger partial charge on any atom is -0.343 e. The summed E-state index contributed by atoms with van der Waals surface area (Å²) in [5.41, 5.74) is 0. The molecule has 0 saturated carbocycles. The van der Waals surface area contributed by atoms with E-state index in [1.54, 1.807) is 0 Å². The molecule has 3 heteroatoms. The van der Waals surface area contributed by atoms with Crippen molar-refractivity contribution in [1.29, 1.82) is 0 Å². The van der Waals surface area contributed by atoms with Crippen molar-refractivity contribution in [1.82, 2.24) is 9.91 Å². The first-order valence-electron chi connectivity index (χ1n) is 4.82. The highest BCUT2D eigenvalue weighted by atomic mass is 15.6. The smallest absolute Gasteiger partial charge is 0.118 e. The fourth-order valence-electron chi connectivity index (χ4n) is 1.56. The third-order valence-corrected chi connectivity index (χ3v) is 2.20. The van der Waals surface area contributed by atoms with Crippen LogP contribution >= 0.6 is 0 Å². The summed E-state index contributed by atoms with van der Waals surface area (Å²) in [4.78, 5) is 2.19. The van der Waals surface area contributed by atoms with Gasteiger partial charge in [0.05, 0.1) is 0 Å². The van der Waals surface area contributed by atoms with Gasteiger partial charge in [0.15, 0.2) is 0 Å². The quantitative estimate of drug-likeness (QED) is 0.638. The Hall–Kier alpha value is -0.730. The van der Waals surface area contributed by atoms with E-state index in [0.717, 1.165) is 6.54 Å². The molecule has 0 bridgehead atoms. The van der Waals surface area contributed by atoms with Crippen LogP contribution < -0.4 is 0 Å². The monoisotopic (exact) mass is 169 g/mol. The first-order chi connectivity index (χ1) is 5.79. The van der Waals surface area contributed by atoms with Crippen molar-refractivity contribution in [2.45, 2.75) is 39.3 Å². The van der Waals surface area contributed by atoms with Crippen molar-refractivity contribution in [3.05, 3.63) is 0 Å². The fraction of sp³-hybridized carbons (Fsp3) is 0.889. The molecule has 0 N–H and O–H groups in total. The van der Waals surface area contributed by atoms with Crippen LogP contribution in [0.1, 0.15) is 33.1 Å². The van der Waals surface area contributed by atoms with Gasteiger partial charge in [-0.25, -0.2) is 0 Å². The Balaban J connectivity index is 2.44. The van der Waals surface area contributed by atoms with Crippen LogP contribution in [-0.2, 0) is 0 Å². The molecule has 0 aromatic rings. The van der Waals surface area contributed by atoms with Gasteiger partial charge in [0.2, 0.25) is 0 Å². The zero-order valence-electron chi connectivity index (χ0n) is 8.32. The maximum atomic E-state index is 4.34. The Morgan fingerprint density at radius 1 is 1.33 bits per heavy atom. The van der Waals surface area contributed by atoms with Crippen LogP contribution in [0.15, 0.2) is 5.10 Å². The van der Waals surface area contributed by atoms with E-state index in [2.05, 4.69) is 35.9 Å². The van der Waals surface area contributed by atoms with Gasteiger partial charge in [-0.1, -0.05) is 20.3 Å². The molecule has 1 heterocycles. The molecule has 0 spiro atoms. The average Bonchev–Trinajstić information content (AvgIpc) is 2.37. The van der Waals surface area contributed by atoms with E-state index in [1.165, 1.54) is 19.3 Å². The van der Waals surface area contributed by atoms with E-state index < -0.39 is 0 Å². The highest BCUT2D eigenvalue weighted by Gasteiger charge is 2.22. The molecule has 0 fully saturated rings. The summed E-state index contributed by atoms with van der Waals surface area (Å²) in [6.07, 6.45) is 6.03. The lowest BCUT2D eigenvalue weighted by Crippen LogP contribution is -2.37. The molecule has 1 aliphatic rings. The van der Waals surface area contributed by atoms with Crippen molar-refractivity contribution in [3.8, 4) is 0 Å². The van der Waals surface area contributed by atoms with E-state index in [-0.39, 0.29) is 0 Å². The highest BCUT2D eigenvalue weighted by molar-refractivity contribution is 5.56. The number of hydrogen-bond acceptors (Lipinski definition) is 3. The van der Waals surface area contributed by atoms with Crippen LogP contribution in [0, 0.1) is 0 Å². The van der Waals surface area contributed by atoms with Gasteiger partial charge in [-0.05, 0) is 12.8 Å². The molecule has 0 aliphatic carbocycles. The van der Waals surface area contributed by atoms with E-state index in [9.17, 15) is 0 Å². The van der Waals surface area contributed by atoms with Gasteiger partial charge < -0.3 is 4.90 Å². The first-order valence-corrected chi connectivity index (χ1v) is 4.82. The summed E-state index contributed by atoms with van der Waals surface area (Å²) >= 11 is 0. The molecule has 0 radical (unpaired) electrons. The van der Waals surface area contributed by atoms with Crippen molar-refractivity contribution in [2.75, 3.05) is 13.6 Å². The second-order valence-electron chi connectivity index (χ2n) is 3.33. The third-order valence-electron chi connectivity index (χ3n) is 2.20. The van der Waals surface area contributed by atoms with Crippen LogP contribution in [0.2, 0.25) is 0 Å². The van der Waals surface area contributed by atoms with Gasteiger partial charge in [-0.15, -0.1) is 0 Å². The Bertz CT molecular complexity index is 156. The van der Waals surface area contributed by atoms with E-state index in [1.807, 2.05) is 6.34 Å². The van der Waals surface area contributed by atoms with Crippen LogP contribution in [0.25, 0.3) is 0 Å². The molecular weight excluding hydrogens is 150 g/mol. The predicted molar refractivity (Wildman–Crippen MR) is 51.9 cm³/mol. The van der Waals surface area contributed by atoms with Gasteiger partial charge in [0.1, 0.15) is 12.5 Å². The van der Waals surface area contributed by atoms with Gasteiger partial charge in [0, 0.05) is 13.6 Å². The molecule has 12 heavy (non-hydrogen) atoms. The molecular formula is C9H19N3. The van der Waals surface area contributed by atoms with Gasteiger partial charge >= 0.3 is 0 Å². The second kappa shape index (κ2) is 4.33. The average molecular weight is 169 g/mol. The van der Waals surface area contributed by atoms with Crippen LogP contribution in [0.5, 0.6) is 0 Å². The van der Waals surface area contributed by atoms with Gasteiger partial charge in [-0.3, -0.25) is 5.01 Å². The Morgan fingerprint density at radius 3 is 2.67 bits per heavy atom. The molecule has 0 amide bonds. The SMILES string of the molecule is CCCC1N(C)C=NN1CCC. The molecule has 70 valence electrons. The zero-order chi connectivity index (χ0) is 8.97. The van der Waals surface area contributed by atoms with Gasteiger partial charge in [0.25, 0.3) is 0 Å². The summed E-state index contributed by atoms with van der Waals surface area (Å²) in [5.74, 6) is 0. The molecule has 0 aromatic carbocycles. The standard InChI is InChI=1S/C9H19N3/c1-4-6-9-11(3)8-10-12(9)7-5-2/h8-9H,4-7H2,1-3H3. The molecule has 1 atom stereocenters. The van der Waals surface area contributed by atoms with E-state index in [0.29, 0.717) is 6.17 Å². The highest BCUT2D eigenvalue weighted by Crippen LogP contribution is 2.15. The Morgan fingerprint density at radius 2 is 2.08 bits per heavy atom. The number of hydrazone groups is 1. The summed E-state index contributed by atoms with van der Waals surface area (Å²) in [7, 11) is 2.10. The normalized spacial score (nSPS) is 22.4. The lowest BCUT2D eigenvalue weighted by molar-refractivity contribution is 0.137. The van der Waals surface area contributed by atoms with Gasteiger partial charge in [-0.2, -0.15) is 5.10 Å². The van der Waals surface area contributed by atoms with E-state index >= 15 is 0 Å².